The standard InChI is InChI=1S/C25H47N7O2/c1-16-6-7-22-19(12-16)20(9-11-34-22)29-25(33)17-4-3-5-18(13-17)27-14-23-30-31-24(32(23)2)21-8-10-26-15-28-21/h16-24,26-28,30-31H,3-15H2,1-2H3,(H,29,33)/t16?,17?,18?,19?,20-,21?,22?,23?,24?/m1/s1. The Kier molecular flexibility index (Phi) is 8.41. The quantitative estimate of drug-likeness (QED) is 0.328. The Hall–Kier alpha value is -0.810. The van der Waals surface area contributed by atoms with Gasteiger partial charge in [-0.3, -0.25) is 15.0 Å². The zero-order valence-electron chi connectivity index (χ0n) is 21.2. The lowest BCUT2D eigenvalue weighted by Gasteiger charge is -2.44. The van der Waals surface area contributed by atoms with Gasteiger partial charge in [0, 0.05) is 49.8 Å². The van der Waals surface area contributed by atoms with Gasteiger partial charge in [0.25, 0.3) is 0 Å². The largest absolute Gasteiger partial charge is 0.378 e. The maximum Gasteiger partial charge on any atom is 0.223 e. The third kappa shape index (κ3) is 5.77. The molecule has 34 heavy (non-hydrogen) atoms. The number of fused-ring (bicyclic) bond motifs is 1. The fourth-order valence-electron chi connectivity index (χ4n) is 7.04. The van der Waals surface area contributed by atoms with E-state index in [0.717, 1.165) is 77.2 Å². The van der Waals surface area contributed by atoms with Gasteiger partial charge in [0.05, 0.1) is 18.4 Å². The summed E-state index contributed by atoms with van der Waals surface area (Å²) in [6, 6.07) is 1.15. The van der Waals surface area contributed by atoms with E-state index in [-0.39, 0.29) is 18.0 Å². The molecule has 3 aliphatic heterocycles. The van der Waals surface area contributed by atoms with Gasteiger partial charge in [-0.1, -0.05) is 13.3 Å². The van der Waals surface area contributed by atoms with Crippen LogP contribution < -0.4 is 32.1 Å². The van der Waals surface area contributed by atoms with Crippen LogP contribution in [0.15, 0.2) is 0 Å². The molecule has 8 unspecified atom stereocenters. The highest BCUT2D eigenvalue weighted by Crippen LogP contribution is 2.37. The van der Waals surface area contributed by atoms with Crippen molar-refractivity contribution in [2.75, 3.05) is 33.4 Å². The molecule has 5 fully saturated rings. The van der Waals surface area contributed by atoms with E-state index >= 15 is 0 Å². The Bertz CT molecular complexity index is 676. The molecule has 0 aromatic rings. The molecule has 2 saturated carbocycles. The molecule has 3 heterocycles. The maximum absolute atomic E-state index is 13.3. The van der Waals surface area contributed by atoms with Crippen molar-refractivity contribution in [1.29, 1.82) is 0 Å². The van der Waals surface area contributed by atoms with Crippen LogP contribution in [0.4, 0.5) is 0 Å². The van der Waals surface area contributed by atoms with Crippen molar-refractivity contribution in [3.05, 3.63) is 0 Å². The fourth-order valence-corrected chi connectivity index (χ4v) is 7.04. The first-order valence-corrected chi connectivity index (χ1v) is 13.9. The van der Waals surface area contributed by atoms with Gasteiger partial charge in [-0.2, -0.15) is 0 Å². The molecule has 0 aromatic carbocycles. The predicted molar refractivity (Wildman–Crippen MR) is 133 cm³/mol. The van der Waals surface area contributed by atoms with Gasteiger partial charge in [-0.05, 0) is 70.9 Å². The molecule has 194 valence electrons. The van der Waals surface area contributed by atoms with Crippen molar-refractivity contribution in [3.63, 3.8) is 0 Å². The monoisotopic (exact) mass is 477 g/mol. The minimum atomic E-state index is 0.132. The van der Waals surface area contributed by atoms with E-state index in [1.165, 1.54) is 12.8 Å². The SMILES string of the molecule is CC1CCC2OCC[C@@H](NC(=O)C3CCCC(NCC4NNC(C5CCNCN5)N4C)C3)C2C1. The van der Waals surface area contributed by atoms with Crippen molar-refractivity contribution in [2.24, 2.45) is 17.8 Å². The molecule has 9 heteroatoms. The predicted octanol–water partition coefficient (Wildman–Crippen LogP) is 0.446. The number of hydrogen-bond acceptors (Lipinski definition) is 8. The van der Waals surface area contributed by atoms with Gasteiger partial charge in [0.15, 0.2) is 0 Å². The average Bonchev–Trinajstić information content (AvgIpc) is 3.24. The zero-order valence-corrected chi connectivity index (χ0v) is 21.2. The second kappa shape index (κ2) is 11.5. The lowest BCUT2D eigenvalue weighted by atomic mass is 9.74. The van der Waals surface area contributed by atoms with Gasteiger partial charge >= 0.3 is 0 Å². The van der Waals surface area contributed by atoms with E-state index in [0.29, 0.717) is 36.3 Å². The molecule has 0 aromatic heterocycles. The molecule has 0 spiro atoms. The van der Waals surface area contributed by atoms with Gasteiger partial charge in [0.1, 0.15) is 0 Å². The maximum atomic E-state index is 13.3. The fraction of sp³-hybridized carbons (Fsp3) is 0.960. The van der Waals surface area contributed by atoms with Crippen LogP contribution in [0.1, 0.15) is 64.7 Å². The minimum absolute atomic E-state index is 0.132. The van der Waals surface area contributed by atoms with Crippen LogP contribution >= 0.6 is 0 Å². The Morgan fingerprint density at radius 2 is 2.00 bits per heavy atom. The summed E-state index contributed by atoms with van der Waals surface area (Å²) in [6.45, 7) is 5.95. The van der Waals surface area contributed by atoms with Crippen LogP contribution in [0, 0.1) is 17.8 Å². The lowest BCUT2D eigenvalue weighted by Crippen LogP contribution is -2.58. The number of amides is 1. The van der Waals surface area contributed by atoms with Crippen LogP contribution in [-0.4, -0.2) is 80.8 Å². The Morgan fingerprint density at radius 1 is 1.09 bits per heavy atom. The van der Waals surface area contributed by atoms with Crippen molar-refractivity contribution >= 4 is 5.91 Å². The Labute approximate surface area is 205 Å². The third-order valence-electron chi connectivity index (χ3n) is 9.18. The van der Waals surface area contributed by atoms with Crippen LogP contribution in [0.5, 0.6) is 0 Å². The number of hydrogen-bond donors (Lipinski definition) is 6. The van der Waals surface area contributed by atoms with Gasteiger partial charge < -0.3 is 20.7 Å². The van der Waals surface area contributed by atoms with Crippen molar-refractivity contribution in [3.8, 4) is 0 Å². The van der Waals surface area contributed by atoms with Gasteiger partial charge in [0.2, 0.25) is 5.91 Å². The molecule has 5 aliphatic rings. The number of likely N-dealkylation sites (N-methyl/N-ethyl adjacent to an activating group) is 1. The number of ether oxygens (including phenoxy) is 1. The molecule has 3 saturated heterocycles. The summed E-state index contributed by atoms with van der Waals surface area (Å²) in [5.74, 6) is 1.66. The molecule has 1 amide bonds. The molecule has 6 N–H and O–H groups in total. The second-order valence-electron chi connectivity index (χ2n) is 11.6. The van der Waals surface area contributed by atoms with E-state index in [1.807, 2.05) is 0 Å². The molecule has 0 bridgehead atoms. The summed E-state index contributed by atoms with van der Waals surface area (Å²) < 4.78 is 6.06. The summed E-state index contributed by atoms with van der Waals surface area (Å²) >= 11 is 0. The first kappa shape index (κ1) is 24.9. The Morgan fingerprint density at radius 3 is 2.85 bits per heavy atom. The molecular weight excluding hydrogens is 430 g/mol. The topological polar surface area (TPSA) is 102 Å². The summed E-state index contributed by atoms with van der Waals surface area (Å²) in [5.41, 5.74) is 6.96. The number of carbonyl (C=O) groups excluding carboxylic acids is 1. The summed E-state index contributed by atoms with van der Waals surface area (Å²) in [5, 5.41) is 14.2. The van der Waals surface area contributed by atoms with E-state index in [1.54, 1.807) is 0 Å². The average molecular weight is 478 g/mol. The smallest absolute Gasteiger partial charge is 0.223 e. The van der Waals surface area contributed by atoms with Crippen molar-refractivity contribution < 1.29 is 9.53 Å². The minimum Gasteiger partial charge on any atom is -0.378 e. The molecular formula is C25H47N7O2. The number of nitrogens with zero attached hydrogens (tertiary/aromatic N) is 1. The van der Waals surface area contributed by atoms with Crippen LogP contribution in [-0.2, 0) is 9.53 Å². The normalized spacial score (nSPS) is 43.9. The van der Waals surface area contributed by atoms with E-state index < -0.39 is 0 Å². The highest BCUT2D eigenvalue weighted by atomic mass is 16.5. The first-order chi connectivity index (χ1) is 16.6. The molecule has 0 radical (unpaired) electrons. The first-order valence-electron chi connectivity index (χ1n) is 13.9. The molecule has 2 aliphatic carbocycles. The summed E-state index contributed by atoms with van der Waals surface area (Å²) in [7, 11) is 2.19. The number of hydrazine groups is 1. The van der Waals surface area contributed by atoms with Crippen molar-refractivity contribution in [2.45, 2.75) is 101 Å². The molecule has 5 rings (SSSR count). The van der Waals surface area contributed by atoms with Gasteiger partial charge in [-0.15, -0.1) is 0 Å². The van der Waals surface area contributed by atoms with Crippen LogP contribution in [0.3, 0.4) is 0 Å². The van der Waals surface area contributed by atoms with Crippen LogP contribution in [0.2, 0.25) is 0 Å². The third-order valence-corrected chi connectivity index (χ3v) is 9.18. The number of carbonyl (C=O) groups is 1. The highest BCUT2D eigenvalue weighted by molar-refractivity contribution is 5.79. The van der Waals surface area contributed by atoms with Gasteiger partial charge in [-0.25, -0.2) is 10.9 Å². The summed E-state index contributed by atoms with van der Waals surface area (Å²) in [4.78, 5) is 15.7. The zero-order chi connectivity index (χ0) is 23.5. The Balaban J connectivity index is 1.08. The second-order valence-corrected chi connectivity index (χ2v) is 11.6. The van der Waals surface area contributed by atoms with E-state index in [2.05, 4.69) is 51.0 Å². The highest BCUT2D eigenvalue weighted by Gasteiger charge is 2.40. The number of rotatable bonds is 6. The van der Waals surface area contributed by atoms with E-state index in [9.17, 15) is 4.79 Å². The summed E-state index contributed by atoms with van der Waals surface area (Å²) in [6.07, 6.45) is 10.8. The molecule has 9 atom stereocenters. The number of nitrogens with one attached hydrogen (secondary N) is 6. The van der Waals surface area contributed by atoms with E-state index in [4.69, 9.17) is 4.74 Å². The molecule has 9 nitrogen and oxygen atoms in total. The lowest BCUT2D eigenvalue weighted by molar-refractivity contribution is -0.130. The van der Waals surface area contributed by atoms with Crippen LogP contribution in [0.25, 0.3) is 0 Å². The van der Waals surface area contributed by atoms with Crippen molar-refractivity contribution in [1.82, 2.24) is 37.0 Å².